The Morgan fingerprint density at radius 2 is 2.00 bits per heavy atom. The Kier molecular flexibility index (Phi) is 3.36. The van der Waals surface area contributed by atoms with E-state index in [2.05, 4.69) is 9.97 Å². The fourth-order valence-electron chi connectivity index (χ4n) is 2.66. The van der Waals surface area contributed by atoms with Gasteiger partial charge in [0.1, 0.15) is 11.1 Å². The van der Waals surface area contributed by atoms with Gasteiger partial charge in [-0.15, -0.1) is 3.89 Å². The van der Waals surface area contributed by atoms with Crippen molar-refractivity contribution in [3.63, 3.8) is 0 Å². The van der Waals surface area contributed by atoms with Gasteiger partial charge in [-0.1, -0.05) is 0 Å². The Labute approximate surface area is 127 Å². The summed E-state index contributed by atoms with van der Waals surface area (Å²) >= 11 is 0. The molecule has 0 spiro atoms. The van der Waals surface area contributed by atoms with E-state index in [0.29, 0.717) is 11.5 Å². The van der Waals surface area contributed by atoms with Crippen molar-refractivity contribution in [1.82, 2.24) is 9.97 Å². The number of anilines is 1. The Hall–Kier alpha value is -2.09. The molecule has 1 aliphatic rings. The molecule has 0 aromatic carbocycles. The van der Waals surface area contributed by atoms with Crippen LogP contribution in [0.4, 0.5) is 9.70 Å². The molecule has 3 heterocycles. The number of halogens is 1. The van der Waals surface area contributed by atoms with E-state index in [1.165, 1.54) is 4.90 Å². The number of hydrogen-bond donors (Lipinski definition) is 0. The second kappa shape index (κ2) is 4.98. The SMILES string of the molecule is Cc1cc(C)c2ccc(N3CC(S(=O)(=O)F)CC3=O)nc2n1. The zero-order chi connectivity index (χ0) is 16.1. The molecular weight excluding hydrogens is 309 g/mol. The first-order valence-electron chi connectivity index (χ1n) is 6.74. The molecule has 2 aromatic heterocycles. The molecule has 0 aliphatic carbocycles. The first-order chi connectivity index (χ1) is 10.3. The first-order valence-corrected chi connectivity index (χ1v) is 8.19. The van der Waals surface area contributed by atoms with Gasteiger partial charge in [-0.2, -0.15) is 8.42 Å². The minimum absolute atomic E-state index is 0.221. The van der Waals surface area contributed by atoms with Gasteiger partial charge in [-0.25, -0.2) is 9.97 Å². The largest absolute Gasteiger partial charge is 0.307 e. The number of nitrogens with zero attached hydrogens (tertiary/aromatic N) is 3. The van der Waals surface area contributed by atoms with E-state index >= 15 is 0 Å². The van der Waals surface area contributed by atoms with Gasteiger partial charge >= 0.3 is 10.2 Å². The van der Waals surface area contributed by atoms with Crippen molar-refractivity contribution in [2.24, 2.45) is 0 Å². The third kappa shape index (κ3) is 2.54. The number of pyridine rings is 2. The molecule has 1 fully saturated rings. The number of carbonyl (C=O) groups is 1. The minimum Gasteiger partial charge on any atom is -0.295 e. The minimum atomic E-state index is -4.74. The fourth-order valence-corrected chi connectivity index (χ4v) is 3.33. The van der Waals surface area contributed by atoms with Crippen LogP contribution in [-0.4, -0.2) is 36.1 Å². The monoisotopic (exact) mass is 323 g/mol. The van der Waals surface area contributed by atoms with E-state index in [0.717, 1.165) is 16.6 Å². The van der Waals surface area contributed by atoms with Crippen LogP contribution in [0.2, 0.25) is 0 Å². The molecule has 6 nitrogen and oxygen atoms in total. The van der Waals surface area contributed by atoms with E-state index < -0.39 is 21.4 Å². The number of rotatable bonds is 2. The van der Waals surface area contributed by atoms with Crippen LogP contribution in [0, 0.1) is 13.8 Å². The van der Waals surface area contributed by atoms with Gasteiger partial charge in [0.2, 0.25) is 5.91 Å². The van der Waals surface area contributed by atoms with Crippen LogP contribution in [-0.2, 0) is 15.0 Å². The number of amides is 1. The van der Waals surface area contributed by atoms with Gasteiger partial charge in [0.05, 0.1) is 0 Å². The average molecular weight is 323 g/mol. The molecule has 0 bridgehead atoms. The van der Waals surface area contributed by atoms with Crippen molar-refractivity contribution in [3.8, 4) is 0 Å². The van der Waals surface area contributed by atoms with Crippen molar-refractivity contribution in [1.29, 1.82) is 0 Å². The maximum Gasteiger partial charge on any atom is 0.307 e. The van der Waals surface area contributed by atoms with Crippen LogP contribution in [0.3, 0.4) is 0 Å². The van der Waals surface area contributed by atoms with Crippen molar-refractivity contribution in [2.45, 2.75) is 25.5 Å². The van der Waals surface area contributed by atoms with Gasteiger partial charge < -0.3 is 0 Å². The van der Waals surface area contributed by atoms with Crippen LogP contribution in [0.5, 0.6) is 0 Å². The van der Waals surface area contributed by atoms with Gasteiger partial charge in [0.25, 0.3) is 0 Å². The van der Waals surface area contributed by atoms with E-state index in [9.17, 15) is 17.1 Å². The normalized spacial score (nSPS) is 19.1. The second-order valence-corrected chi connectivity index (χ2v) is 7.04. The number of aromatic nitrogens is 2. The summed E-state index contributed by atoms with van der Waals surface area (Å²) in [6.45, 7) is 3.56. The smallest absolute Gasteiger partial charge is 0.295 e. The molecule has 1 amide bonds. The summed E-state index contributed by atoms with van der Waals surface area (Å²) in [6.07, 6.45) is -0.362. The molecule has 0 saturated carbocycles. The molecule has 8 heteroatoms. The van der Waals surface area contributed by atoms with Crippen LogP contribution in [0.25, 0.3) is 11.0 Å². The molecule has 2 aromatic rings. The van der Waals surface area contributed by atoms with E-state index in [-0.39, 0.29) is 13.0 Å². The summed E-state index contributed by atoms with van der Waals surface area (Å²) in [7, 11) is -4.74. The number of aryl methyl sites for hydroxylation is 2. The third-order valence-electron chi connectivity index (χ3n) is 3.76. The first kappa shape index (κ1) is 14.8. The van der Waals surface area contributed by atoms with Crippen LogP contribution in [0.1, 0.15) is 17.7 Å². The van der Waals surface area contributed by atoms with E-state index in [1.54, 1.807) is 12.1 Å². The van der Waals surface area contributed by atoms with Crippen molar-refractivity contribution < 1.29 is 17.1 Å². The molecule has 1 atom stereocenters. The highest BCUT2D eigenvalue weighted by atomic mass is 32.3. The summed E-state index contributed by atoms with van der Waals surface area (Å²) < 4.78 is 35.0. The van der Waals surface area contributed by atoms with E-state index in [4.69, 9.17) is 0 Å². The Balaban J connectivity index is 2.02. The zero-order valence-electron chi connectivity index (χ0n) is 12.1. The standard InChI is InChI=1S/C14H14FN3O3S/c1-8-5-9(2)16-14-11(8)3-4-12(17-14)18-7-10(6-13(18)19)22(15,20)21/h3-5,10H,6-7H2,1-2H3. The summed E-state index contributed by atoms with van der Waals surface area (Å²) in [6, 6.07) is 5.33. The summed E-state index contributed by atoms with van der Waals surface area (Å²) in [5, 5.41) is -0.472. The molecule has 1 unspecified atom stereocenters. The molecular formula is C14H14FN3O3S. The fraction of sp³-hybridized carbons (Fsp3) is 0.357. The molecule has 3 rings (SSSR count). The van der Waals surface area contributed by atoms with Crippen LogP contribution < -0.4 is 4.90 Å². The predicted molar refractivity (Wildman–Crippen MR) is 79.8 cm³/mol. The van der Waals surface area contributed by atoms with Crippen molar-refractivity contribution in [3.05, 3.63) is 29.5 Å². The lowest BCUT2D eigenvalue weighted by atomic mass is 10.1. The van der Waals surface area contributed by atoms with Gasteiger partial charge in [0.15, 0.2) is 5.65 Å². The second-order valence-electron chi connectivity index (χ2n) is 5.43. The molecule has 1 saturated heterocycles. The quantitative estimate of drug-likeness (QED) is 0.785. The number of carbonyl (C=O) groups excluding carboxylic acids is 1. The molecule has 22 heavy (non-hydrogen) atoms. The van der Waals surface area contributed by atoms with Crippen LogP contribution in [0.15, 0.2) is 18.2 Å². The average Bonchev–Trinajstić information content (AvgIpc) is 2.80. The van der Waals surface area contributed by atoms with Gasteiger partial charge in [-0.05, 0) is 37.6 Å². The molecule has 0 radical (unpaired) electrons. The topological polar surface area (TPSA) is 80.2 Å². The highest BCUT2D eigenvalue weighted by Gasteiger charge is 2.39. The van der Waals surface area contributed by atoms with E-state index in [1.807, 2.05) is 19.9 Å². The lowest BCUT2D eigenvalue weighted by Gasteiger charge is -2.15. The Morgan fingerprint density at radius 1 is 1.27 bits per heavy atom. The third-order valence-corrected chi connectivity index (χ3v) is 4.87. The van der Waals surface area contributed by atoms with Gasteiger partial charge in [0, 0.05) is 24.0 Å². The lowest BCUT2D eigenvalue weighted by molar-refractivity contribution is -0.117. The Bertz CT molecular complexity index is 882. The van der Waals surface area contributed by atoms with Crippen molar-refractivity contribution >= 4 is 33.0 Å². The maximum absolute atomic E-state index is 13.1. The summed E-state index contributed by atoms with van der Waals surface area (Å²) in [5.41, 5.74) is 2.29. The van der Waals surface area contributed by atoms with Crippen LogP contribution >= 0.6 is 0 Å². The van der Waals surface area contributed by atoms with Gasteiger partial charge in [-0.3, -0.25) is 9.69 Å². The predicted octanol–water partition coefficient (Wildman–Crippen LogP) is 1.65. The number of hydrogen-bond acceptors (Lipinski definition) is 5. The lowest BCUT2D eigenvalue weighted by Crippen LogP contribution is -2.27. The number of fused-ring (bicyclic) bond motifs is 1. The zero-order valence-corrected chi connectivity index (χ0v) is 12.9. The highest BCUT2D eigenvalue weighted by molar-refractivity contribution is 7.87. The Morgan fingerprint density at radius 3 is 2.64 bits per heavy atom. The molecule has 1 aliphatic heterocycles. The molecule has 0 N–H and O–H groups in total. The highest BCUT2D eigenvalue weighted by Crippen LogP contribution is 2.26. The summed E-state index contributed by atoms with van der Waals surface area (Å²) in [4.78, 5) is 21.8. The maximum atomic E-state index is 13.1. The summed E-state index contributed by atoms with van der Waals surface area (Å²) in [5.74, 6) is -0.163. The molecule has 116 valence electrons. The van der Waals surface area contributed by atoms with Crippen molar-refractivity contribution in [2.75, 3.05) is 11.4 Å².